The normalized spacial score (nSPS) is 23.0. The van der Waals surface area contributed by atoms with Gasteiger partial charge < -0.3 is 15.7 Å². The largest absolute Gasteiger partial charge is 0.396 e. The van der Waals surface area contributed by atoms with Crippen LogP contribution in [0.2, 0.25) is 0 Å². The van der Waals surface area contributed by atoms with Gasteiger partial charge in [0.15, 0.2) is 0 Å². The van der Waals surface area contributed by atoms with Gasteiger partial charge in [-0.1, -0.05) is 25.1 Å². The number of fused-ring (bicyclic) bond motifs is 1. The quantitative estimate of drug-likeness (QED) is 0.426. The first-order valence-corrected chi connectivity index (χ1v) is 13.0. The van der Waals surface area contributed by atoms with E-state index >= 15 is 0 Å². The summed E-state index contributed by atoms with van der Waals surface area (Å²) >= 11 is 3.60. The lowest BCUT2D eigenvalue weighted by Crippen LogP contribution is -2.19. The second kappa shape index (κ2) is 9.37. The number of aromatic nitrogens is 3. The molecule has 3 atom stereocenters. The molecule has 6 nitrogen and oxygen atoms in total. The molecule has 1 unspecified atom stereocenters. The predicted octanol–water partition coefficient (Wildman–Crippen LogP) is 5.46. The third-order valence-corrected chi connectivity index (χ3v) is 8.45. The van der Waals surface area contributed by atoms with Crippen molar-refractivity contribution in [2.45, 2.75) is 50.8 Å². The Labute approximate surface area is 197 Å². The van der Waals surface area contributed by atoms with Crippen LogP contribution in [0.4, 0.5) is 11.8 Å². The zero-order chi connectivity index (χ0) is 22.1. The first kappa shape index (κ1) is 21.7. The lowest BCUT2D eigenvalue weighted by Gasteiger charge is -2.18. The molecule has 3 heterocycles. The minimum absolute atomic E-state index is 0.254. The molecule has 1 fully saturated rings. The highest BCUT2D eigenvalue weighted by molar-refractivity contribution is 8.03. The Kier molecular flexibility index (Phi) is 6.35. The summed E-state index contributed by atoms with van der Waals surface area (Å²) < 4.78 is 1.16. The number of aliphatic hydroxyl groups is 1. The van der Waals surface area contributed by atoms with E-state index in [0.29, 0.717) is 23.2 Å². The molecule has 3 aromatic rings. The van der Waals surface area contributed by atoms with E-state index in [9.17, 15) is 5.11 Å². The molecular weight excluding hydrogens is 438 g/mol. The number of para-hydroxylation sites is 1. The Hall–Kier alpha value is -2.16. The smallest absolute Gasteiger partial charge is 0.225 e. The van der Waals surface area contributed by atoms with E-state index in [2.05, 4.69) is 29.7 Å². The van der Waals surface area contributed by atoms with Crippen molar-refractivity contribution in [3.8, 4) is 10.6 Å². The summed E-state index contributed by atoms with van der Waals surface area (Å²) in [6.07, 6.45) is 6.47. The van der Waals surface area contributed by atoms with Crippen LogP contribution in [0.5, 0.6) is 0 Å². The Morgan fingerprint density at radius 1 is 1.16 bits per heavy atom. The zero-order valence-electron chi connectivity index (χ0n) is 18.5. The second-order valence-corrected chi connectivity index (χ2v) is 11.3. The van der Waals surface area contributed by atoms with Crippen molar-refractivity contribution >= 4 is 45.1 Å². The van der Waals surface area contributed by atoms with Gasteiger partial charge in [-0.15, -0.1) is 23.1 Å². The first-order valence-electron chi connectivity index (χ1n) is 11.3. The fourth-order valence-corrected chi connectivity index (χ4v) is 6.61. The van der Waals surface area contributed by atoms with Crippen molar-refractivity contribution < 1.29 is 5.11 Å². The highest BCUT2D eigenvalue weighted by atomic mass is 32.2. The van der Waals surface area contributed by atoms with Gasteiger partial charge in [0.1, 0.15) is 10.8 Å². The van der Waals surface area contributed by atoms with Crippen LogP contribution in [-0.4, -0.2) is 44.5 Å². The number of aliphatic hydroxyl groups excluding tert-OH is 1. The second-order valence-electron chi connectivity index (χ2n) is 8.73. The molecule has 1 aromatic carbocycles. The fourth-order valence-electron chi connectivity index (χ4n) is 4.49. The maximum atomic E-state index is 9.56. The van der Waals surface area contributed by atoms with E-state index < -0.39 is 0 Å². The minimum Gasteiger partial charge on any atom is -0.396 e. The van der Waals surface area contributed by atoms with Crippen molar-refractivity contribution in [1.82, 2.24) is 15.0 Å². The molecule has 168 valence electrons. The van der Waals surface area contributed by atoms with Gasteiger partial charge in [0.2, 0.25) is 5.95 Å². The number of thiazole rings is 1. The van der Waals surface area contributed by atoms with E-state index in [-0.39, 0.29) is 6.61 Å². The summed E-state index contributed by atoms with van der Waals surface area (Å²) in [5.41, 5.74) is 2.90. The first-order chi connectivity index (χ1) is 15.6. The van der Waals surface area contributed by atoms with Gasteiger partial charge in [0.25, 0.3) is 0 Å². The van der Waals surface area contributed by atoms with Crippen molar-refractivity contribution in [3.63, 3.8) is 0 Å². The molecule has 0 saturated heterocycles. The Morgan fingerprint density at radius 3 is 2.78 bits per heavy atom. The van der Waals surface area contributed by atoms with Gasteiger partial charge in [-0.3, -0.25) is 0 Å². The Balaban J connectivity index is 1.46. The molecule has 0 amide bonds. The van der Waals surface area contributed by atoms with E-state index in [1.807, 2.05) is 36.9 Å². The predicted molar refractivity (Wildman–Crippen MR) is 135 cm³/mol. The standard InChI is InChI=1S/C24H29N5OS2/c1-14-7-10-18(31-14)12-25-24-26-15(2)21(23-28-19-5-3-4-6-20(19)32-23)22(29-24)27-17-9-8-16(11-17)13-30/h3-6,10,14,16-17,30H,7-9,11-13H2,1-2H3,(H2,25,26,27,29)/t14?,16-,17+/m1/s1. The van der Waals surface area contributed by atoms with Crippen LogP contribution in [-0.2, 0) is 0 Å². The minimum atomic E-state index is 0.254. The number of anilines is 2. The van der Waals surface area contributed by atoms with Gasteiger partial charge >= 0.3 is 0 Å². The Bertz CT molecular complexity index is 1110. The summed E-state index contributed by atoms with van der Waals surface area (Å²) in [5.74, 6) is 1.85. The van der Waals surface area contributed by atoms with Crippen LogP contribution in [0, 0.1) is 12.8 Å². The number of hydrogen-bond acceptors (Lipinski definition) is 8. The number of allylic oxidation sites excluding steroid dienone is 1. The van der Waals surface area contributed by atoms with Gasteiger partial charge in [0, 0.05) is 29.3 Å². The van der Waals surface area contributed by atoms with E-state index in [1.165, 1.54) is 4.91 Å². The van der Waals surface area contributed by atoms with Crippen molar-refractivity contribution in [1.29, 1.82) is 0 Å². The lowest BCUT2D eigenvalue weighted by atomic mass is 10.1. The van der Waals surface area contributed by atoms with Crippen LogP contribution in [0.1, 0.15) is 38.3 Å². The highest BCUT2D eigenvalue weighted by Crippen LogP contribution is 2.38. The van der Waals surface area contributed by atoms with Crippen molar-refractivity contribution in [2.75, 3.05) is 23.8 Å². The molecule has 0 bridgehead atoms. The molecule has 2 aliphatic rings. The number of thioether (sulfide) groups is 1. The van der Waals surface area contributed by atoms with Crippen LogP contribution in [0.3, 0.4) is 0 Å². The molecule has 8 heteroatoms. The number of nitrogens with one attached hydrogen (secondary N) is 2. The summed E-state index contributed by atoms with van der Waals surface area (Å²) in [4.78, 5) is 15.9. The number of aryl methyl sites for hydroxylation is 1. The molecule has 3 N–H and O–H groups in total. The average Bonchev–Trinajstić information content (AvgIpc) is 3.51. The van der Waals surface area contributed by atoms with E-state index in [4.69, 9.17) is 15.0 Å². The molecular formula is C24H29N5OS2. The maximum Gasteiger partial charge on any atom is 0.225 e. The highest BCUT2D eigenvalue weighted by Gasteiger charge is 2.27. The zero-order valence-corrected chi connectivity index (χ0v) is 20.1. The summed E-state index contributed by atoms with van der Waals surface area (Å²) in [6, 6.07) is 8.52. The molecule has 5 rings (SSSR count). The maximum absolute atomic E-state index is 9.56. The van der Waals surface area contributed by atoms with Crippen LogP contribution in [0.25, 0.3) is 20.8 Å². The molecule has 0 spiro atoms. The summed E-state index contributed by atoms with van der Waals surface area (Å²) in [6.45, 7) is 5.30. The van der Waals surface area contributed by atoms with Gasteiger partial charge in [-0.2, -0.15) is 4.98 Å². The molecule has 1 aliphatic carbocycles. The van der Waals surface area contributed by atoms with E-state index in [0.717, 1.165) is 64.5 Å². The van der Waals surface area contributed by atoms with Gasteiger partial charge in [0.05, 0.1) is 21.5 Å². The summed E-state index contributed by atoms with van der Waals surface area (Å²) in [5, 5.41) is 18.3. The van der Waals surface area contributed by atoms with Crippen molar-refractivity contribution in [3.05, 3.63) is 40.9 Å². The monoisotopic (exact) mass is 467 g/mol. The fraction of sp³-hybridized carbons (Fsp3) is 0.458. The Morgan fingerprint density at radius 2 is 2.03 bits per heavy atom. The van der Waals surface area contributed by atoms with Crippen molar-refractivity contribution in [2.24, 2.45) is 5.92 Å². The average molecular weight is 468 g/mol. The number of nitrogens with zero attached hydrogens (tertiary/aromatic N) is 3. The number of hydrogen-bond donors (Lipinski definition) is 3. The van der Waals surface area contributed by atoms with Crippen LogP contribution >= 0.6 is 23.1 Å². The van der Waals surface area contributed by atoms with Gasteiger partial charge in [-0.05, 0) is 50.7 Å². The third kappa shape index (κ3) is 4.63. The molecule has 32 heavy (non-hydrogen) atoms. The third-order valence-electron chi connectivity index (χ3n) is 6.19. The van der Waals surface area contributed by atoms with Crippen LogP contribution in [0.15, 0.2) is 35.2 Å². The number of rotatable bonds is 7. The van der Waals surface area contributed by atoms with E-state index in [1.54, 1.807) is 11.3 Å². The van der Waals surface area contributed by atoms with Gasteiger partial charge in [-0.25, -0.2) is 9.97 Å². The molecule has 2 aromatic heterocycles. The molecule has 1 saturated carbocycles. The molecule has 1 aliphatic heterocycles. The SMILES string of the molecule is Cc1nc(NCC2=CCC(C)S2)nc(N[C@H]2CC[C@@H](CO)C2)c1-c1nc2ccccc2s1. The lowest BCUT2D eigenvalue weighted by molar-refractivity contribution is 0.229. The number of benzene rings is 1. The van der Waals surface area contributed by atoms with Crippen LogP contribution < -0.4 is 10.6 Å². The summed E-state index contributed by atoms with van der Waals surface area (Å²) in [7, 11) is 0. The molecule has 0 radical (unpaired) electrons. The topological polar surface area (TPSA) is 83.0 Å².